The van der Waals surface area contributed by atoms with E-state index in [1.165, 1.54) is 93.9 Å². The van der Waals surface area contributed by atoms with Gasteiger partial charge in [0.1, 0.15) is 0 Å². The lowest BCUT2D eigenvalue weighted by molar-refractivity contribution is 0.592. The molecule has 0 aliphatic heterocycles. The lowest BCUT2D eigenvalue weighted by atomic mass is 9.82. The lowest BCUT2D eigenvalue weighted by Crippen LogP contribution is -2.12. The van der Waals surface area contributed by atoms with E-state index in [0.29, 0.717) is 5.92 Å². The predicted molar refractivity (Wildman–Crippen MR) is 243 cm³/mol. The SMILES string of the molecule is CC(Cc1cccc(-n2c3ccccc3c3cc(-c4ccccc4C(C)(C)C)ccc32)c1)c1cccc(-c2ccc3c(c2)c2ccccc2n3-c2ccccc2)c1. The highest BCUT2D eigenvalue weighted by molar-refractivity contribution is 6.11. The fourth-order valence-corrected chi connectivity index (χ4v) is 9.13. The van der Waals surface area contributed by atoms with Gasteiger partial charge in [-0.2, -0.15) is 0 Å². The van der Waals surface area contributed by atoms with Crippen LogP contribution in [0.5, 0.6) is 0 Å². The van der Waals surface area contributed by atoms with Crippen LogP contribution in [-0.4, -0.2) is 9.13 Å². The van der Waals surface area contributed by atoms with Crippen molar-refractivity contribution in [3.8, 4) is 33.6 Å². The van der Waals surface area contributed by atoms with Gasteiger partial charge in [0.05, 0.1) is 22.1 Å². The Hall–Kier alpha value is -6.64. The molecule has 0 saturated carbocycles. The molecule has 2 heterocycles. The largest absolute Gasteiger partial charge is 0.309 e. The lowest BCUT2D eigenvalue weighted by Gasteiger charge is -2.23. The van der Waals surface area contributed by atoms with Gasteiger partial charge in [0, 0.05) is 32.9 Å². The normalized spacial score (nSPS) is 12.6. The van der Waals surface area contributed by atoms with E-state index in [-0.39, 0.29) is 5.41 Å². The first-order valence-electron chi connectivity index (χ1n) is 20.2. The summed E-state index contributed by atoms with van der Waals surface area (Å²) in [6, 6.07) is 69.5. The summed E-state index contributed by atoms with van der Waals surface area (Å²) in [5.41, 5.74) is 16.5. The Kier molecular flexibility index (Phi) is 8.45. The Labute approximate surface area is 335 Å². The zero-order valence-corrected chi connectivity index (χ0v) is 33.1. The third-order valence-corrected chi connectivity index (χ3v) is 11.9. The number of fused-ring (bicyclic) bond motifs is 6. The minimum absolute atomic E-state index is 0.0538. The van der Waals surface area contributed by atoms with Crippen LogP contribution in [0.2, 0.25) is 0 Å². The van der Waals surface area contributed by atoms with Crippen molar-refractivity contribution in [2.45, 2.75) is 45.4 Å². The maximum absolute atomic E-state index is 2.45. The van der Waals surface area contributed by atoms with E-state index in [2.05, 4.69) is 225 Å². The van der Waals surface area contributed by atoms with E-state index in [0.717, 1.165) is 6.42 Å². The molecule has 0 aliphatic rings. The molecule has 57 heavy (non-hydrogen) atoms. The molecule has 0 fully saturated rings. The second kappa shape index (κ2) is 13.8. The average Bonchev–Trinajstić information content (AvgIpc) is 3.76. The van der Waals surface area contributed by atoms with Gasteiger partial charge in [0.2, 0.25) is 0 Å². The summed E-state index contributed by atoms with van der Waals surface area (Å²) in [5.74, 6) is 0.340. The van der Waals surface area contributed by atoms with Crippen LogP contribution in [0.15, 0.2) is 188 Å². The van der Waals surface area contributed by atoms with Crippen LogP contribution >= 0.6 is 0 Å². The van der Waals surface area contributed by atoms with Gasteiger partial charge in [0.25, 0.3) is 0 Å². The van der Waals surface area contributed by atoms with Crippen molar-refractivity contribution in [3.05, 3.63) is 205 Å². The molecule has 0 radical (unpaired) electrons. The van der Waals surface area contributed by atoms with Crippen LogP contribution < -0.4 is 0 Å². The topological polar surface area (TPSA) is 9.86 Å². The van der Waals surface area contributed by atoms with E-state index in [4.69, 9.17) is 0 Å². The van der Waals surface area contributed by atoms with Crippen molar-refractivity contribution < 1.29 is 0 Å². The molecule has 2 aromatic heterocycles. The molecule has 10 rings (SSSR count). The van der Waals surface area contributed by atoms with Gasteiger partial charge in [-0.1, -0.05) is 155 Å². The molecule has 0 saturated heterocycles. The Morgan fingerprint density at radius 2 is 0.965 bits per heavy atom. The molecular formula is C55H46N2. The molecule has 10 aromatic rings. The van der Waals surface area contributed by atoms with E-state index < -0.39 is 0 Å². The van der Waals surface area contributed by atoms with E-state index in [1.54, 1.807) is 0 Å². The quantitative estimate of drug-likeness (QED) is 0.154. The number of para-hydroxylation sites is 3. The molecule has 0 N–H and O–H groups in total. The minimum atomic E-state index is 0.0538. The summed E-state index contributed by atoms with van der Waals surface area (Å²) in [6.45, 7) is 9.26. The molecule has 0 amide bonds. The number of rotatable bonds is 7. The van der Waals surface area contributed by atoms with Crippen LogP contribution in [0.4, 0.5) is 0 Å². The number of nitrogens with zero attached hydrogens (tertiary/aromatic N) is 2. The molecule has 2 heteroatoms. The molecule has 2 nitrogen and oxygen atoms in total. The summed E-state index contributed by atoms with van der Waals surface area (Å²) in [6.07, 6.45) is 0.950. The van der Waals surface area contributed by atoms with Gasteiger partial charge in [0.15, 0.2) is 0 Å². The number of aromatic nitrogens is 2. The Morgan fingerprint density at radius 1 is 0.421 bits per heavy atom. The van der Waals surface area contributed by atoms with Crippen LogP contribution in [0.3, 0.4) is 0 Å². The maximum atomic E-state index is 2.45. The molecular weight excluding hydrogens is 689 g/mol. The fourth-order valence-electron chi connectivity index (χ4n) is 9.13. The summed E-state index contributed by atoms with van der Waals surface area (Å²) in [4.78, 5) is 0. The summed E-state index contributed by atoms with van der Waals surface area (Å²) in [5, 5.41) is 5.11. The van der Waals surface area contributed by atoms with E-state index in [9.17, 15) is 0 Å². The smallest absolute Gasteiger partial charge is 0.0541 e. The van der Waals surface area contributed by atoms with Gasteiger partial charge < -0.3 is 9.13 Å². The van der Waals surface area contributed by atoms with Gasteiger partial charge in [-0.25, -0.2) is 0 Å². The Balaban J connectivity index is 0.977. The third kappa shape index (κ3) is 6.13. The van der Waals surface area contributed by atoms with E-state index >= 15 is 0 Å². The van der Waals surface area contributed by atoms with Gasteiger partial charge in [-0.05, 0) is 117 Å². The van der Waals surface area contributed by atoms with Crippen molar-refractivity contribution in [2.75, 3.05) is 0 Å². The average molecular weight is 735 g/mol. The fraction of sp³-hybridized carbons (Fsp3) is 0.127. The molecule has 276 valence electrons. The Bertz CT molecular complexity index is 3100. The van der Waals surface area contributed by atoms with Gasteiger partial charge in [-0.15, -0.1) is 0 Å². The molecule has 0 aliphatic carbocycles. The van der Waals surface area contributed by atoms with Crippen molar-refractivity contribution in [3.63, 3.8) is 0 Å². The zero-order chi connectivity index (χ0) is 38.7. The second-order valence-corrected chi connectivity index (χ2v) is 16.7. The first kappa shape index (κ1) is 34.8. The summed E-state index contributed by atoms with van der Waals surface area (Å²) in [7, 11) is 0. The van der Waals surface area contributed by atoms with Crippen LogP contribution in [0, 0.1) is 0 Å². The molecule has 1 unspecified atom stereocenters. The molecule has 0 bridgehead atoms. The molecule has 1 atom stereocenters. The first-order valence-corrected chi connectivity index (χ1v) is 20.2. The van der Waals surface area contributed by atoms with Crippen LogP contribution in [0.1, 0.15) is 50.3 Å². The standard InChI is InChI=1S/C55H46N2/c1-37(39-17-15-18-40(34-39)41-28-30-53-48(35-41)46-23-9-12-26-51(46)56(53)43-19-6-5-7-20-43)32-38-16-14-21-44(33-38)57-52-27-13-10-24-47(52)49-36-42(29-31-54(49)57)45-22-8-11-25-50(45)55(2,3)4/h5-31,33-37H,32H2,1-4H3. The summed E-state index contributed by atoms with van der Waals surface area (Å²) < 4.78 is 4.83. The third-order valence-electron chi connectivity index (χ3n) is 11.9. The summed E-state index contributed by atoms with van der Waals surface area (Å²) >= 11 is 0. The molecule has 0 spiro atoms. The highest BCUT2D eigenvalue weighted by Gasteiger charge is 2.20. The minimum Gasteiger partial charge on any atom is -0.309 e. The van der Waals surface area contributed by atoms with Gasteiger partial charge in [-0.3, -0.25) is 0 Å². The highest BCUT2D eigenvalue weighted by Crippen LogP contribution is 2.39. The zero-order valence-electron chi connectivity index (χ0n) is 33.1. The highest BCUT2D eigenvalue weighted by atomic mass is 15.0. The van der Waals surface area contributed by atoms with Crippen molar-refractivity contribution in [1.82, 2.24) is 9.13 Å². The van der Waals surface area contributed by atoms with Crippen LogP contribution in [0.25, 0.3) is 77.2 Å². The first-order chi connectivity index (χ1) is 27.8. The van der Waals surface area contributed by atoms with Gasteiger partial charge >= 0.3 is 0 Å². The number of benzene rings is 8. The van der Waals surface area contributed by atoms with Crippen LogP contribution in [-0.2, 0) is 11.8 Å². The monoisotopic (exact) mass is 734 g/mol. The molecule has 8 aromatic carbocycles. The Morgan fingerprint density at radius 3 is 1.68 bits per heavy atom. The second-order valence-electron chi connectivity index (χ2n) is 16.7. The predicted octanol–water partition coefficient (Wildman–Crippen LogP) is 14.9. The van der Waals surface area contributed by atoms with E-state index in [1.807, 2.05) is 0 Å². The number of hydrogen-bond acceptors (Lipinski definition) is 0. The van der Waals surface area contributed by atoms with Crippen molar-refractivity contribution in [1.29, 1.82) is 0 Å². The maximum Gasteiger partial charge on any atom is 0.0541 e. The van der Waals surface area contributed by atoms with Crippen molar-refractivity contribution >= 4 is 43.6 Å². The van der Waals surface area contributed by atoms with Crippen molar-refractivity contribution in [2.24, 2.45) is 0 Å². The number of hydrogen-bond donors (Lipinski definition) is 0.